The molecule has 4 rings (SSSR count). The number of hydrogen-bond donors (Lipinski definition) is 1. The van der Waals surface area contributed by atoms with Crippen molar-refractivity contribution >= 4 is 17.7 Å². The third-order valence-corrected chi connectivity index (χ3v) is 5.66. The molecule has 0 saturated heterocycles. The van der Waals surface area contributed by atoms with Crippen LogP contribution < -0.4 is 10.1 Å². The van der Waals surface area contributed by atoms with Crippen molar-refractivity contribution in [1.29, 1.82) is 5.26 Å². The van der Waals surface area contributed by atoms with E-state index in [1.165, 1.54) is 0 Å². The first-order chi connectivity index (χ1) is 17.5. The van der Waals surface area contributed by atoms with Gasteiger partial charge in [0.1, 0.15) is 23.1 Å². The smallest absolute Gasteiger partial charge is 0.266 e. The second kappa shape index (κ2) is 11.2. The van der Waals surface area contributed by atoms with Crippen LogP contribution >= 0.6 is 0 Å². The van der Waals surface area contributed by atoms with Crippen LogP contribution in [0.4, 0.5) is 5.69 Å². The lowest BCUT2D eigenvalue weighted by Crippen LogP contribution is -2.13. The van der Waals surface area contributed by atoms with E-state index in [2.05, 4.69) is 12.2 Å². The van der Waals surface area contributed by atoms with Gasteiger partial charge in [0.2, 0.25) is 0 Å². The summed E-state index contributed by atoms with van der Waals surface area (Å²) in [4.78, 5) is 12.9. The Bertz CT molecular complexity index is 1430. The number of anilines is 1. The topological polar surface area (TPSA) is 79.9 Å². The first-order valence-electron chi connectivity index (χ1n) is 11.9. The normalized spacial score (nSPS) is 11.1. The minimum Gasteiger partial charge on any atom is -0.494 e. The molecule has 0 bridgehead atoms. The molecule has 6 nitrogen and oxygen atoms in total. The van der Waals surface area contributed by atoms with E-state index in [-0.39, 0.29) is 5.57 Å². The van der Waals surface area contributed by atoms with Crippen LogP contribution in [0.5, 0.6) is 5.75 Å². The fraction of sp³-hybridized carbons (Fsp3) is 0.167. The number of para-hydroxylation sites is 1. The standard InChI is InChI=1S/C30H28N4O2/c1-4-16-36-27-14-15-28(22(3)17-27)29-24(20-34(33-29)26-8-6-5-7-9-26)18-23(19-31)30(35)32-25-12-10-21(2)11-13-25/h5-15,17-18,20H,4,16H2,1-3H3,(H,32,35). The number of nitrogens with zero attached hydrogens (tertiary/aromatic N) is 3. The van der Waals surface area contributed by atoms with E-state index in [9.17, 15) is 10.1 Å². The highest BCUT2D eigenvalue weighted by molar-refractivity contribution is 6.10. The number of aromatic nitrogens is 2. The Labute approximate surface area is 211 Å². The molecular weight excluding hydrogens is 448 g/mol. The predicted octanol–water partition coefficient (Wildman–Crippen LogP) is 6.49. The molecule has 36 heavy (non-hydrogen) atoms. The number of nitriles is 1. The summed E-state index contributed by atoms with van der Waals surface area (Å²) in [5, 5.41) is 17.5. The van der Waals surface area contributed by atoms with Gasteiger partial charge in [0.25, 0.3) is 5.91 Å². The number of rotatable bonds is 8. The molecule has 0 aliphatic carbocycles. The maximum Gasteiger partial charge on any atom is 0.266 e. The maximum absolute atomic E-state index is 12.9. The van der Waals surface area contributed by atoms with E-state index in [1.807, 2.05) is 98.9 Å². The molecular formula is C30H28N4O2. The molecule has 0 aliphatic heterocycles. The molecule has 0 saturated carbocycles. The molecule has 0 atom stereocenters. The van der Waals surface area contributed by atoms with Crippen LogP contribution in [0.3, 0.4) is 0 Å². The van der Waals surface area contributed by atoms with Gasteiger partial charge in [-0.3, -0.25) is 4.79 Å². The van der Waals surface area contributed by atoms with Crippen molar-refractivity contribution in [2.24, 2.45) is 0 Å². The Morgan fingerprint density at radius 3 is 2.50 bits per heavy atom. The highest BCUT2D eigenvalue weighted by Gasteiger charge is 2.17. The predicted molar refractivity (Wildman–Crippen MR) is 143 cm³/mol. The number of aryl methyl sites for hydroxylation is 2. The van der Waals surface area contributed by atoms with Crippen LogP contribution in [0.25, 0.3) is 23.0 Å². The lowest BCUT2D eigenvalue weighted by atomic mass is 10.0. The van der Waals surface area contributed by atoms with Gasteiger partial charge >= 0.3 is 0 Å². The van der Waals surface area contributed by atoms with E-state index >= 15 is 0 Å². The van der Waals surface area contributed by atoms with Gasteiger partial charge < -0.3 is 10.1 Å². The second-order valence-electron chi connectivity index (χ2n) is 8.53. The lowest BCUT2D eigenvalue weighted by molar-refractivity contribution is -0.112. The zero-order chi connectivity index (χ0) is 25.5. The SMILES string of the molecule is CCCOc1ccc(-c2nn(-c3ccccc3)cc2C=C(C#N)C(=O)Nc2ccc(C)cc2)c(C)c1. The van der Waals surface area contributed by atoms with E-state index in [0.717, 1.165) is 34.5 Å². The Morgan fingerprint density at radius 1 is 1.08 bits per heavy atom. The molecule has 1 N–H and O–H groups in total. The van der Waals surface area contributed by atoms with Crippen molar-refractivity contribution in [1.82, 2.24) is 9.78 Å². The molecule has 0 fully saturated rings. The lowest BCUT2D eigenvalue weighted by Gasteiger charge is -2.09. The zero-order valence-corrected chi connectivity index (χ0v) is 20.7. The third-order valence-electron chi connectivity index (χ3n) is 5.66. The van der Waals surface area contributed by atoms with Crippen LogP contribution in [0.15, 0.2) is 84.6 Å². The summed E-state index contributed by atoms with van der Waals surface area (Å²) in [5.74, 6) is 0.327. The Balaban J connectivity index is 1.75. The van der Waals surface area contributed by atoms with Crippen molar-refractivity contribution in [2.45, 2.75) is 27.2 Å². The second-order valence-corrected chi connectivity index (χ2v) is 8.53. The van der Waals surface area contributed by atoms with Gasteiger partial charge in [0.05, 0.1) is 12.3 Å². The molecule has 1 heterocycles. The summed E-state index contributed by atoms with van der Waals surface area (Å²) in [6, 6.07) is 25.1. The first kappa shape index (κ1) is 24.5. The Hall–Kier alpha value is -4.63. The molecule has 1 amide bonds. The largest absolute Gasteiger partial charge is 0.494 e. The van der Waals surface area contributed by atoms with E-state index in [4.69, 9.17) is 9.84 Å². The minimum absolute atomic E-state index is 0.00927. The quantitative estimate of drug-likeness (QED) is 0.233. The molecule has 4 aromatic rings. The van der Waals surface area contributed by atoms with Crippen molar-refractivity contribution in [3.05, 3.63) is 101 Å². The molecule has 6 heteroatoms. The fourth-order valence-corrected chi connectivity index (χ4v) is 3.77. The van der Waals surface area contributed by atoms with Gasteiger partial charge in [-0.2, -0.15) is 10.4 Å². The van der Waals surface area contributed by atoms with E-state index in [1.54, 1.807) is 10.8 Å². The summed E-state index contributed by atoms with van der Waals surface area (Å²) in [7, 11) is 0. The highest BCUT2D eigenvalue weighted by Crippen LogP contribution is 2.31. The third kappa shape index (κ3) is 5.70. The number of amides is 1. The van der Waals surface area contributed by atoms with Crippen molar-refractivity contribution in [3.63, 3.8) is 0 Å². The average molecular weight is 477 g/mol. The first-order valence-corrected chi connectivity index (χ1v) is 11.9. The molecule has 0 aliphatic rings. The summed E-state index contributed by atoms with van der Waals surface area (Å²) >= 11 is 0. The van der Waals surface area contributed by atoms with Crippen LogP contribution in [0.1, 0.15) is 30.0 Å². The Kier molecular flexibility index (Phi) is 7.62. The molecule has 3 aromatic carbocycles. The monoisotopic (exact) mass is 476 g/mol. The van der Waals surface area contributed by atoms with Crippen molar-refractivity contribution in [3.8, 4) is 28.8 Å². The summed E-state index contributed by atoms with van der Waals surface area (Å²) in [6.45, 7) is 6.69. The average Bonchev–Trinajstić information content (AvgIpc) is 3.31. The number of carbonyl (C=O) groups is 1. The van der Waals surface area contributed by atoms with Crippen LogP contribution in [-0.4, -0.2) is 22.3 Å². The summed E-state index contributed by atoms with van der Waals surface area (Å²) in [6.07, 6.45) is 4.35. The van der Waals surface area contributed by atoms with Gasteiger partial charge in [-0.1, -0.05) is 42.8 Å². The van der Waals surface area contributed by atoms with Crippen molar-refractivity contribution < 1.29 is 9.53 Å². The van der Waals surface area contributed by atoms with Gasteiger partial charge in [-0.25, -0.2) is 4.68 Å². The van der Waals surface area contributed by atoms with E-state index < -0.39 is 5.91 Å². The van der Waals surface area contributed by atoms with Crippen LogP contribution in [-0.2, 0) is 4.79 Å². The van der Waals surface area contributed by atoms with Crippen LogP contribution in [0, 0.1) is 25.2 Å². The van der Waals surface area contributed by atoms with Gasteiger partial charge in [0, 0.05) is 23.0 Å². The molecule has 0 radical (unpaired) electrons. The van der Waals surface area contributed by atoms with Gasteiger partial charge in [0.15, 0.2) is 0 Å². The molecule has 0 unspecified atom stereocenters. The fourth-order valence-electron chi connectivity index (χ4n) is 3.77. The molecule has 1 aromatic heterocycles. The van der Waals surface area contributed by atoms with Gasteiger partial charge in [-0.05, 0) is 74.4 Å². The minimum atomic E-state index is -0.472. The van der Waals surface area contributed by atoms with Crippen molar-refractivity contribution in [2.75, 3.05) is 11.9 Å². The number of hydrogen-bond acceptors (Lipinski definition) is 4. The number of benzene rings is 3. The summed E-state index contributed by atoms with van der Waals surface area (Å²) < 4.78 is 7.53. The van der Waals surface area contributed by atoms with Gasteiger partial charge in [-0.15, -0.1) is 0 Å². The molecule has 0 spiro atoms. The summed E-state index contributed by atoms with van der Waals surface area (Å²) in [5.41, 5.74) is 5.81. The number of nitrogens with one attached hydrogen (secondary N) is 1. The molecule has 180 valence electrons. The highest BCUT2D eigenvalue weighted by atomic mass is 16.5. The maximum atomic E-state index is 12.9. The number of ether oxygens (including phenoxy) is 1. The number of carbonyl (C=O) groups excluding carboxylic acids is 1. The van der Waals surface area contributed by atoms with Crippen LogP contribution in [0.2, 0.25) is 0 Å². The zero-order valence-electron chi connectivity index (χ0n) is 20.7. The van der Waals surface area contributed by atoms with E-state index in [0.29, 0.717) is 23.6 Å². The Morgan fingerprint density at radius 2 is 1.83 bits per heavy atom.